The molecule has 2 aromatic rings. The Hall–Kier alpha value is -1.58. The lowest BCUT2D eigenvalue weighted by atomic mass is 10.1. The Morgan fingerprint density at radius 2 is 2.22 bits per heavy atom. The molecule has 0 unspecified atom stereocenters. The van der Waals surface area contributed by atoms with Gasteiger partial charge in [-0.1, -0.05) is 29.8 Å². The van der Waals surface area contributed by atoms with Crippen LogP contribution in [-0.4, -0.2) is 16.3 Å². The zero-order valence-corrected chi connectivity index (χ0v) is 11.1. The van der Waals surface area contributed by atoms with Crippen LogP contribution in [0.1, 0.15) is 18.1 Å². The summed E-state index contributed by atoms with van der Waals surface area (Å²) >= 11 is 6.16. The number of hydrogen-bond donors (Lipinski definition) is 1. The summed E-state index contributed by atoms with van der Waals surface area (Å²) in [4.78, 5) is 0. The van der Waals surface area contributed by atoms with Gasteiger partial charge in [0.15, 0.2) is 0 Å². The molecule has 94 valence electrons. The summed E-state index contributed by atoms with van der Waals surface area (Å²) in [6.07, 6.45) is 5.88. The molecule has 0 aliphatic heterocycles. The number of allylic oxidation sites excluding steroid dienone is 1. The van der Waals surface area contributed by atoms with Crippen LogP contribution in [0, 0.1) is 0 Å². The van der Waals surface area contributed by atoms with Crippen LogP contribution < -0.4 is 5.73 Å². The van der Waals surface area contributed by atoms with Gasteiger partial charge in [0.25, 0.3) is 0 Å². The molecule has 2 rings (SSSR count). The average molecular weight is 262 g/mol. The molecule has 0 bridgehead atoms. The predicted octanol–water partition coefficient (Wildman–Crippen LogP) is 3.06. The van der Waals surface area contributed by atoms with Crippen molar-refractivity contribution in [2.45, 2.75) is 13.5 Å². The summed E-state index contributed by atoms with van der Waals surface area (Å²) in [6.45, 7) is 3.37. The average Bonchev–Trinajstić information content (AvgIpc) is 2.77. The van der Waals surface area contributed by atoms with Crippen LogP contribution in [0.25, 0.3) is 11.6 Å². The molecule has 1 aromatic heterocycles. The highest BCUT2D eigenvalue weighted by Gasteiger charge is 2.02. The minimum absolute atomic E-state index is 0.592. The molecule has 0 spiro atoms. The highest BCUT2D eigenvalue weighted by Crippen LogP contribution is 2.24. The summed E-state index contributed by atoms with van der Waals surface area (Å²) in [5.74, 6) is 0. The van der Waals surface area contributed by atoms with Gasteiger partial charge in [0.2, 0.25) is 0 Å². The van der Waals surface area contributed by atoms with Crippen LogP contribution in [0.4, 0.5) is 0 Å². The normalized spacial score (nSPS) is 11.8. The molecule has 0 aliphatic rings. The molecule has 0 atom stereocenters. The van der Waals surface area contributed by atoms with Crippen LogP contribution in [0.15, 0.2) is 36.7 Å². The first-order valence-corrected chi connectivity index (χ1v) is 6.24. The summed E-state index contributed by atoms with van der Waals surface area (Å²) in [6, 6.07) is 7.82. The third kappa shape index (κ3) is 3.00. The van der Waals surface area contributed by atoms with Gasteiger partial charge in [-0.15, -0.1) is 0 Å². The van der Waals surface area contributed by atoms with Gasteiger partial charge >= 0.3 is 0 Å². The Bertz CT molecular complexity index is 558. The van der Waals surface area contributed by atoms with Gasteiger partial charge in [0, 0.05) is 23.3 Å². The first-order chi connectivity index (χ1) is 8.70. The molecule has 0 fully saturated rings. The number of hydrogen-bond acceptors (Lipinski definition) is 2. The topological polar surface area (TPSA) is 43.8 Å². The SMILES string of the molecule is C/C(=C\c1cnn(CCN)c1)c1ccccc1Cl. The fourth-order valence-electron chi connectivity index (χ4n) is 1.82. The monoisotopic (exact) mass is 261 g/mol. The van der Waals surface area contributed by atoms with Crippen molar-refractivity contribution in [1.82, 2.24) is 9.78 Å². The van der Waals surface area contributed by atoms with E-state index < -0.39 is 0 Å². The Kier molecular flexibility index (Phi) is 4.18. The van der Waals surface area contributed by atoms with E-state index in [0.717, 1.165) is 28.3 Å². The highest BCUT2D eigenvalue weighted by molar-refractivity contribution is 6.32. The number of aromatic nitrogens is 2. The van der Waals surface area contributed by atoms with E-state index in [0.29, 0.717) is 6.54 Å². The highest BCUT2D eigenvalue weighted by atomic mass is 35.5. The fraction of sp³-hybridized carbons (Fsp3) is 0.214. The first kappa shape index (κ1) is 12.9. The van der Waals surface area contributed by atoms with Gasteiger partial charge < -0.3 is 5.73 Å². The Morgan fingerprint density at radius 1 is 1.44 bits per heavy atom. The largest absolute Gasteiger partial charge is 0.329 e. The molecule has 0 amide bonds. The lowest BCUT2D eigenvalue weighted by molar-refractivity contribution is 0.625. The molecule has 1 heterocycles. The molecule has 0 radical (unpaired) electrons. The van der Waals surface area contributed by atoms with E-state index >= 15 is 0 Å². The van der Waals surface area contributed by atoms with Gasteiger partial charge in [-0.25, -0.2) is 0 Å². The van der Waals surface area contributed by atoms with E-state index in [4.69, 9.17) is 17.3 Å². The number of halogens is 1. The van der Waals surface area contributed by atoms with E-state index in [2.05, 4.69) is 11.2 Å². The van der Waals surface area contributed by atoms with Crippen molar-refractivity contribution < 1.29 is 0 Å². The van der Waals surface area contributed by atoms with Crippen molar-refractivity contribution in [3.8, 4) is 0 Å². The summed E-state index contributed by atoms with van der Waals surface area (Å²) < 4.78 is 1.84. The van der Waals surface area contributed by atoms with Gasteiger partial charge in [-0.3, -0.25) is 4.68 Å². The van der Waals surface area contributed by atoms with Gasteiger partial charge in [0.1, 0.15) is 0 Å². The summed E-state index contributed by atoms with van der Waals surface area (Å²) in [7, 11) is 0. The standard InChI is InChI=1S/C14H16ClN3/c1-11(13-4-2-3-5-14(13)15)8-12-9-17-18(10-12)7-6-16/h2-5,8-10H,6-7,16H2,1H3/b11-8+. The van der Waals surface area contributed by atoms with Crippen molar-refractivity contribution in [1.29, 1.82) is 0 Å². The smallest absolute Gasteiger partial charge is 0.0562 e. The van der Waals surface area contributed by atoms with Crippen LogP contribution in [0.3, 0.4) is 0 Å². The van der Waals surface area contributed by atoms with Crippen LogP contribution >= 0.6 is 11.6 Å². The Balaban J connectivity index is 2.24. The van der Waals surface area contributed by atoms with Crippen LogP contribution in [-0.2, 0) is 6.54 Å². The second-order valence-corrected chi connectivity index (χ2v) is 4.54. The maximum absolute atomic E-state index is 6.16. The number of rotatable bonds is 4. The Morgan fingerprint density at radius 3 is 2.94 bits per heavy atom. The molecular formula is C14H16ClN3. The Labute approximate surface area is 112 Å². The van der Waals surface area contributed by atoms with E-state index in [1.165, 1.54) is 0 Å². The van der Waals surface area contributed by atoms with Crippen molar-refractivity contribution in [3.63, 3.8) is 0 Å². The molecule has 3 nitrogen and oxygen atoms in total. The minimum Gasteiger partial charge on any atom is -0.329 e. The zero-order chi connectivity index (χ0) is 13.0. The van der Waals surface area contributed by atoms with E-state index in [1.807, 2.05) is 48.3 Å². The quantitative estimate of drug-likeness (QED) is 0.919. The first-order valence-electron chi connectivity index (χ1n) is 5.86. The lowest BCUT2D eigenvalue weighted by Gasteiger charge is -2.03. The van der Waals surface area contributed by atoms with Gasteiger partial charge in [-0.05, 0) is 30.2 Å². The third-order valence-electron chi connectivity index (χ3n) is 2.69. The van der Waals surface area contributed by atoms with Crippen molar-refractivity contribution in [2.75, 3.05) is 6.54 Å². The van der Waals surface area contributed by atoms with Gasteiger partial charge in [0.05, 0.1) is 12.7 Å². The van der Waals surface area contributed by atoms with E-state index in [-0.39, 0.29) is 0 Å². The van der Waals surface area contributed by atoms with E-state index in [9.17, 15) is 0 Å². The maximum atomic E-state index is 6.16. The van der Waals surface area contributed by atoms with Crippen molar-refractivity contribution in [3.05, 3.63) is 52.8 Å². The van der Waals surface area contributed by atoms with E-state index in [1.54, 1.807) is 0 Å². The molecule has 18 heavy (non-hydrogen) atoms. The van der Waals surface area contributed by atoms with Crippen LogP contribution in [0.5, 0.6) is 0 Å². The number of nitrogens with two attached hydrogens (primary N) is 1. The minimum atomic E-state index is 0.592. The van der Waals surface area contributed by atoms with Crippen LogP contribution in [0.2, 0.25) is 5.02 Å². The summed E-state index contributed by atoms with van der Waals surface area (Å²) in [5, 5.41) is 5.00. The molecular weight excluding hydrogens is 246 g/mol. The zero-order valence-electron chi connectivity index (χ0n) is 10.3. The van der Waals surface area contributed by atoms with Crippen molar-refractivity contribution >= 4 is 23.3 Å². The molecule has 1 aromatic carbocycles. The molecule has 0 saturated heterocycles. The lowest BCUT2D eigenvalue weighted by Crippen LogP contribution is -2.09. The third-order valence-corrected chi connectivity index (χ3v) is 3.02. The molecule has 2 N–H and O–H groups in total. The number of nitrogens with zero attached hydrogens (tertiary/aromatic N) is 2. The predicted molar refractivity (Wildman–Crippen MR) is 76.3 cm³/mol. The maximum Gasteiger partial charge on any atom is 0.0562 e. The second kappa shape index (κ2) is 5.85. The summed E-state index contributed by atoms with van der Waals surface area (Å²) in [5.41, 5.74) is 8.71. The van der Waals surface area contributed by atoms with Crippen molar-refractivity contribution in [2.24, 2.45) is 5.73 Å². The fourth-order valence-corrected chi connectivity index (χ4v) is 2.10. The molecule has 0 aliphatic carbocycles. The van der Waals surface area contributed by atoms with Gasteiger partial charge in [-0.2, -0.15) is 5.10 Å². The second-order valence-electron chi connectivity index (χ2n) is 4.13. The molecule has 4 heteroatoms. The molecule has 0 saturated carbocycles. The number of benzene rings is 1.